The molecule has 1 fully saturated rings. The number of amidine groups is 1. The van der Waals surface area contributed by atoms with Crippen molar-refractivity contribution in [3.8, 4) is 11.5 Å². The molecule has 2 N–H and O–H groups in total. The summed E-state index contributed by atoms with van der Waals surface area (Å²) in [7, 11) is 3.00. The zero-order chi connectivity index (χ0) is 32.2. The van der Waals surface area contributed by atoms with Crippen molar-refractivity contribution >= 4 is 46.0 Å². The fraction of sp³-hybridized carbons (Fsp3) is 0.176. The first kappa shape index (κ1) is 30.8. The average molecular weight is 641 g/mol. The minimum atomic E-state index is -1.03. The van der Waals surface area contributed by atoms with Gasteiger partial charge in [-0.15, -0.1) is 0 Å². The van der Waals surface area contributed by atoms with Crippen LogP contribution in [-0.4, -0.2) is 49.3 Å². The predicted molar refractivity (Wildman–Crippen MR) is 172 cm³/mol. The number of anilines is 2. The normalized spacial score (nSPS) is 16.4. The number of ether oxygens (including phenoxy) is 3. The molecule has 1 saturated heterocycles. The summed E-state index contributed by atoms with van der Waals surface area (Å²) in [6, 6.07) is 25.0. The minimum Gasteiger partial charge on any atom is -0.493 e. The van der Waals surface area contributed by atoms with Crippen molar-refractivity contribution < 1.29 is 33.0 Å². The van der Waals surface area contributed by atoms with E-state index in [1.165, 1.54) is 43.0 Å². The second-order valence-electron chi connectivity index (χ2n) is 10.4. The molecular weight excluding hydrogens is 611 g/mol. The van der Waals surface area contributed by atoms with E-state index in [1.807, 2.05) is 24.3 Å². The van der Waals surface area contributed by atoms with E-state index in [9.17, 15) is 18.8 Å². The maximum absolute atomic E-state index is 13.7. The molecule has 0 aromatic heterocycles. The standard InChI is InChI=1S/C34H29FN4O6S/c1-43-26-16-13-24(17-27(26)44-2)37-32(41)29-30(45-29)33(42)39(19-20-7-11-23(35)12-8-20)25-14-9-21(10-15-25)31(40)38-34-36-18-22-5-3-4-6-28(22)46-34/h3-17,29-30H,18-19H2,1-2H3,(H,37,41)(H,36,38,40)/t29-,30-/m0/s1. The van der Waals surface area contributed by atoms with Crippen LogP contribution in [0.4, 0.5) is 15.8 Å². The lowest BCUT2D eigenvalue weighted by Crippen LogP contribution is -2.36. The third-order valence-electron chi connectivity index (χ3n) is 7.40. The molecule has 2 atom stereocenters. The number of thioether (sulfide) groups is 1. The Labute approximate surface area is 268 Å². The van der Waals surface area contributed by atoms with Gasteiger partial charge in [-0.3, -0.25) is 19.4 Å². The molecule has 0 spiro atoms. The molecule has 2 aliphatic rings. The molecule has 0 bridgehead atoms. The third kappa shape index (κ3) is 6.87. The van der Waals surface area contributed by atoms with Crippen LogP contribution >= 0.6 is 11.8 Å². The fourth-order valence-electron chi connectivity index (χ4n) is 4.90. The first-order valence-electron chi connectivity index (χ1n) is 14.3. The number of benzene rings is 4. The number of rotatable bonds is 9. The average Bonchev–Trinajstić information content (AvgIpc) is 3.89. The van der Waals surface area contributed by atoms with Crippen LogP contribution in [0.3, 0.4) is 0 Å². The minimum absolute atomic E-state index is 0.0847. The lowest BCUT2D eigenvalue weighted by atomic mass is 10.1. The van der Waals surface area contributed by atoms with E-state index in [-0.39, 0.29) is 12.5 Å². The molecule has 0 radical (unpaired) electrons. The summed E-state index contributed by atoms with van der Waals surface area (Å²) in [4.78, 5) is 46.7. The predicted octanol–water partition coefficient (Wildman–Crippen LogP) is 5.17. The van der Waals surface area contributed by atoms with E-state index >= 15 is 0 Å². The lowest BCUT2D eigenvalue weighted by Gasteiger charge is -2.23. The number of hydrogen-bond donors (Lipinski definition) is 2. The number of carbonyl (C=O) groups is 3. The Kier molecular flexibility index (Phi) is 8.99. The van der Waals surface area contributed by atoms with E-state index in [2.05, 4.69) is 15.6 Å². The molecule has 46 heavy (non-hydrogen) atoms. The molecular formula is C34H29FN4O6S. The van der Waals surface area contributed by atoms with Gasteiger partial charge in [0.1, 0.15) is 5.82 Å². The Morgan fingerprint density at radius 1 is 0.913 bits per heavy atom. The molecule has 0 aliphatic carbocycles. The van der Waals surface area contributed by atoms with Crippen molar-refractivity contribution in [3.05, 3.63) is 114 Å². The van der Waals surface area contributed by atoms with Gasteiger partial charge in [-0.05, 0) is 65.7 Å². The van der Waals surface area contributed by atoms with Gasteiger partial charge >= 0.3 is 0 Å². The number of methoxy groups -OCH3 is 2. The maximum Gasteiger partial charge on any atom is 0.259 e. The van der Waals surface area contributed by atoms with Crippen molar-refractivity contribution in [2.45, 2.75) is 30.2 Å². The van der Waals surface area contributed by atoms with Crippen LogP contribution in [0.1, 0.15) is 21.5 Å². The van der Waals surface area contributed by atoms with Gasteiger partial charge in [-0.25, -0.2) is 4.39 Å². The highest BCUT2D eigenvalue weighted by Crippen LogP contribution is 2.33. The van der Waals surface area contributed by atoms with Crippen LogP contribution in [0.15, 0.2) is 101 Å². The van der Waals surface area contributed by atoms with Gasteiger partial charge in [0.05, 0.1) is 27.3 Å². The number of nitrogens with one attached hydrogen (secondary N) is 2. The number of nitrogens with zero attached hydrogens (tertiary/aromatic N) is 2. The molecule has 6 rings (SSSR count). The van der Waals surface area contributed by atoms with Crippen LogP contribution in [0, 0.1) is 5.82 Å². The van der Waals surface area contributed by atoms with E-state index in [1.54, 1.807) is 54.6 Å². The van der Waals surface area contributed by atoms with E-state index in [0.29, 0.717) is 45.7 Å². The highest BCUT2D eigenvalue weighted by atomic mass is 32.2. The molecule has 4 aromatic carbocycles. The summed E-state index contributed by atoms with van der Waals surface area (Å²) in [5, 5.41) is 6.10. The Balaban J connectivity index is 1.15. The fourth-order valence-corrected chi connectivity index (χ4v) is 5.80. The number of fused-ring (bicyclic) bond motifs is 1. The van der Waals surface area contributed by atoms with Gasteiger partial charge in [0.15, 0.2) is 28.9 Å². The van der Waals surface area contributed by atoms with Gasteiger partial charge in [0.25, 0.3) is 17.7 Å². The number of hydrogen-bond acceptors (Lipinski definition) is 8. The quantitative estimate of drug-likeness (QED) is 0.242. The lowest BCUT2D eigenvalue weighted by molar-refractivity contribution is -0.120. The molecule has 0 saturated carbocycles. The number of carbonyl (C=O) groups excluding carboxylic acids is 3. The van der Waals surface area contributed by atoms with Crippen LogP contribution in [-0.2, 0) is 27.4 Å². The Morgan fingerprint density at radius 2 is 1.65 bits per heavy atom. The topological polar surface area (TPSA) is 122 Å². The maximum atomic E-state index is 13.7. The summed E-state index contributed by atoms with van der Waals surface area (Å²) >= 11 is 1.39. The van der Waals surface area contributed by atoms with Crippen molar-refractivity contribution in [2.75, 3.05) is 24.4 Å². The van der Waals surface area contributed by atoms with E-state index < -0.39 is 29.8 Å². The van der Waals surface area contributed by atoms with Crippen LogP contribution in [0.5, 0.6) is 11.5 Å². The second-order valence-corrected chi connectivity index (χ2v) is 11.4. The molecule has 3 amide bonds. The highest BCUT2D eigenvalue weighted by molar-refractivity contribution is 8.14. The Bertz CT molecular complexity index is 1820. The number of amides is 3. The van der Waals surface area contributed by atoms with Crippen LogP contribution in [0.25, 0.3) is 0 Å². The summed E-state index contributed by atoms with van der Waals surface area (Å²) in [6.45, 7) is 0.566. The molecule has 234 valence electrons. The molecule has 12 heteroatoms. The third-order valence-corrected chi connectivity index (χ3v) is 8.44. The molecule has 0 unspecified atom stereocenters. The first-order chi connectivity index (χ1) is 22.3. The molecule has 2 aliphatic heterocycles. The monoisotopic (exact) mass is 640 g/mol. The zero-order valence-electron chi connectivity index (χ0n) is 24.9. The van der Waals surface area contributed by atoms with Crippen molar-refractivity contribution in [2.24, 2.45) is 4.99 Å². The van der Waals surface area contributed by atoms with Crippen molar-refractivity contribution in [3.63, 3.8) is 0 Å². The number of epoxide rings is 1. The summed E-state index contributed by atoms with van der Waals surface area (Å²) < 4.78 is 29.7. The summed E-state index contributed by atoms with van der Waals surface area (Å²) in [5.41, 5.74) is 3.05. The van der Waals surface area contributed by atoms with Crippen molar-refractivity contribution in [1.29, 1.82) is 0 Å². The zero-order valence-corrected chi connectivity index (χ0v) is 25.7. The Hall–Kier alpha value is -5.20. The number of halogens is 1. The van der Waals surface area contributed by atoms with Gasteiger partial charge in [0, 0.05) is 27.9 Å². The SMILES string of the molecule is COc1ccc(NC(=O)[C@H]2O[C@@H]2C(=O)N(Cc2ccc(F)cc2)c2ccc(C(=O)NC3=NCc4ccccc4S3)cc2)cc1OC. The van der Waals surface area contributed by atoms with E-state index in [0.717, 1.165) is 10.5 Å². The summed E-state index contributed by atoms with van der Waals surface area (Å²) in [5.74, 6) is -0.762. The highest BCUT2D eigenvalue weighted by Gasteiger charge is 2.52. The van der Waals surface area contributed by atoms with Gasteiger partial charge in [-0.1, -0.05) is 42.1 Å². The molecule has 2 heterocycles. The molecule has 4 aromatic rings. The summed E-state index contributed by atoms with van der Waals surface area (Å²) in [6.07, 6.45) is -2.05. The first-order valence-corrected chi connectivity index (χ1v) is 15.1. The van der Waals surface area contributed by atoms with Gasteiger partial charge in [0.2, 0.25) is 0 Å². The Morgan fingerprint density at radius 3 is 2.39 bits per heavy atom. The second kappa shape index (κ2) is 13.4. The van der Waals surface area contributed by atoms with Gasteiger partial charge in [-0.2, -0.15) is 0 Å². The van der Waals surface area contributed by atoms with Crippen LogP contribution in [0.2, 0.25) is 0 Å². The molecule has 10 nitrogen and oxygen atoms in total. The van der Waals surface area contributed by atoms with E-state index in [4.69, 9.17) is 14.2 Å². The smallest absolute Gasteiger partial charge is 0.259 e. The van der Waals surface area contributed by atoms with Crippen molar-refractivity contribution in [1.82, 2.24) is 5.32 Å². The van der Waals surface area contributed by atoms with Gasteiger partial charge < -0.3 is 29.7 Å². The number of aliphatic imine (C=N–C) groups is 1. The van der Waals surface area contributed by atoms with Crippen LogP contribution < -0.4 is 25.0 Å². The largest absolute Gasteiger partial charge is 0.493 e.